The minimum atomic E-state index is -0.728. The molecule has 4 aromatic rings. The lowest BCUT2D eigenvalue weighted by molar-refractivity contribution is 0.0523. The van der Waals surface area contributed by atoms with Crippen LogP contribution in [0, 0.1) is 6.92 Å². The number of halogens is 2. The van der Waals surface area contributed by atoms with Crippen molar-refractivity contribution >= 4 is 51.8 Å². The number of fused-ring (bicyclic) bond motifs is 2. The van der Waals surface area contributed by atoms with Crippen LogP contribution in [0.1, 0.15) is 53.5 Å². The molecule has 11 heteroatoms. The molecule has 9 nitrogen and oxygen atoms in total. The third-order valence-electron chi connectivity index (χ3n) is 5.95. The Labute approximate surface area is 234 Å². The Hall–Kier alpha value is -3.53. The van der Waals surface area contributed by atoms with Gasteiger partial charge in [0.1, 0.15) is 16.9 Å². The number of esters is 1. The number of ether oxygens (including phenoxy) is 2. The monoisotopic (exact) mass is 570 g/mol. The van der Waals surface area contributed by atoms with Crippen LogP contribution in [0.3, 0.4) is 0 Å². The number of carbonyl (C=O) groups excluding carboxylic acids is 2. The molecular weight excluding hydrogens is 543 g/mol. The number of benzene rings is 1. The highest BCUT2D eigenvalue weighted by molar-refractivity contribution is 6.36. The molecule has 3 heterocycles. The van der Waals surface area contributed by atoms with Crippen LogP contribution >= 0.6 is 23.2 Å². The molecule has 1 aromatic carbocycles. The Morgan fingerprint density at radius 1 is 1.10 bits per heavy atom. The van der Waals surface area contributed by atoms with Gasteiger partial charge in [0, 0.05) is 24.4 Å². The summed E-state index contributed by atoms with van der Waals surface area (Å²) in [5.41, 5.74) is 1.21. The minimum absolute atomic E-state index is 0.00588. The molecule has 0 aliphatic carbocycles. The van der Waals surface area contributed by atoms with Crippen LogP contribution in [0.2, 0.25) is 10.0 Å². The zero-order valence-electron chi connectivity index (χ0n) is 22.0. The van der Waals surface area contributed by atoms with Crippen LogP contribution in [0.25, 0.3) is 16.7 Å². The lowest BCUT2D eigenvalue weighted by Gasteiger charge is -2.16. The van der Waals surface area contributed by atoms with Gasteiger partial charge < -0.3 is 14.0 Å². The SMILES string of the molecule is CCOC(=O)c1cc2c(=O)n3cccc(C)c3nc2n(CCCOC(C)C)c1=NC(=O)c1ccc(Cl)cc1Cl. The summed E-state index contributed by atoms with van der Waals surface area (Å²) in [4.78, 5) is 49.2. The molecule has 0 aliphatic rings. The second-order valence-electron chi connectivity index (χ2n) is 9.11. The number of carbonyl (C=O) groups is 2. The first-order chi connectivity index (χ1) is 18.6. The smallest absolute Gasteiger partial charge is 0.341 e. The summed E-state index contributed by atoms with van der Waals surface area (Å²) in [5.74, 6) is -1.42. The van der Waals surface area contributed by atoms with Crippen molar-refractivity contribution in [3.8, 4) is 0 Å². The molecule has 0 unspecified atom stereocenters. The minimum Gasteiger partial charge on any atom is -0.462 e. The standard InChI is InChI=1S/C28H28Cl2N4O5/c1-5-38-28(37)21-15-20-24(31-23-17(4)8-6-11-34(23)27(20)36)33(12-7-13-39-16(2)3)25(21)32-26(35)19-10-9-18(29)14-22(19)30/h6,8-11,14-16H,5,7,12-13H2,1-4H3. The molecule has 0 spiro atoms. The van der Waals surface area contributed by atoms with Gasteiger partial charge in [0.05, 0.1) is 28.7 Å². The van der Waals surface area contributed by atoms with Crippen LogP contribution in [0.5, 0.6) is 0 Å². The maximum absolute atomic E-state index is 13.6. The number of nitrogens with zero attached hydrogens (tertiary/aromatic N) is 4. The highest BCUT2D eigenvalue weighted by Crippen LogP contribution is 2.22. The summed E-state index contributed by atoms with van der Waals surface area (Å²) in [6, 6.07) is 9.40. The van der Waals surface area contributed by atoms with Crippen LogP contribution in [0.4, 0.5) is 0 Å². The number of aryl methyl sites for hydroxylation is 2. The van der Waals surface area contributed by atoms with Gasteiger partial charge in [0.2, 0.25) is 0 Å². The average Bonchev–Trinajstić information content (AvgIpc) is 2.88. The molecule has 0 radical (unpaired) electrons. The molecule has 39 heavy (non-hydrogen) atoms. The van der Waals surface area contributed by atoms with E-state index >= 15 is 0 Å². The molecule has 4 rings (SSSR count). The van der Waals surface area contributed by atoms with Crippen molar-refractivity contribution in [1.82, 2.24) is 14.0 Å². The van der Waals surface area contributed by atoms with Crippen molar-refractivity contribution in [2.24, 2.45) is 4.99 Å². The molecule has 3 aromatic heterocycles. The molecule has 0 saturated heterocycles. The molecule has 0 aliphatic heterocycles. The van der Waals surface area contributed by atoms with Gasteiger partial charge in [-0.15, -0.1) is 0 Å². The Kier molecular flexibility index (Phi) is 8.84. The van der Waals surface area contributed by atoms with Crippen molar-refractivity contribution < 1.29 is 19.1 Å². The van der Waals surface area contributed by atoms with E-state index in [1.54, 1.807) is 23.8 Å². The van der Waals surface area contributed by atoms with Gasteiger partial charge in [0.25, 0.3) is 11.5 Å². The number of aromatic nitrogens is 3. The molecular formula is C28H28Cl2N4O5. The van der Waals surface area contributed by atoms with Crippen LogP contribution in [-0.2, 0) is 16.0 Å². The highest BCUT2D eigenvalue weighted by Gasteiger charge is 2.21. The summed E-state index contributed by atoms with van der Waals surface area (Å²) >= 11 is 12.3. The first kappa shape index (κ1) is 28.5. The Morgan fingerprint density at radius 2 is 1.87 bits per heavy atom. The van der Waals surface area contributed by atoms with Crippen molar-refractivity contribution in [3.05, 3.63) is 85.2 Å². The summed E-state index contributed by atoms with van der Waals surface area (Å²) in [5, 5.41) is 0.660. The molecule has 0 atom stereocenters. The van der Waals surface area contributed by atoms with E-state index in [2.05, 4.69) is 4.99 Å². The number of pyridine rings is 2. The van der Waals surface area contributed by atoms with Crippen LogP contribution in [0.15, 0.2) is 52.4 Å². The number of hydrogen-bond acceptors (Lipinski definition) is 6. The molecule has 0 saturated carbocycles. The van der Waals surface area contributed by atoms with Crippen LogP contribution < -0.4 is 11.0 Å². The molecule has 204 valence electrons. The highest BCUT2D eigenvalue weighted by atomic mass is 35.5. The molecule has 0 fully saturated rings. The van der Waals surface area contributed by atoms with Gasteiger partial charge in [-0.1, -0.05) is 29.3 Å². The summed E-state index contributed by atoms with van der Waals surface area (Å²) in [7, 11) is 0. The van der Waals surface area contributed by atoms with E-state index in [1.807, 2.05) is 26.8 Å². The topological polar surface area (TPSA) is 104 Å². The maximum Gasteiger partial charge on any atom is 0.341 e. The van der Waals surface area contributed by atoms with E-state index in [0.717, 1.165) is 5.56 Å². The Bertz CT molecular complexity index is 1710. The van der Waals surface area contributed by atoms with Gasteiger partial charge in [-0.25, -0.2) is 9.78 Å². The van der Waals surface area contributed by atoms with E-state index in [4.69, 9.17) is 37.7 Å². The number of amides is 1. The summed E-state index contributed by atoms with van der Waals surface area (Å²) in [6.07, 6.45) is 2.13. The lowest BCUT2D eigenvalue weighted by atomic mass is 10.2. The first-order valence-electron chi connectivity index (χ1n) is 12.5. The predicted molar refractivity (Wildman–Crippen MR) is 150 cm³/mol. The van der Waals surface area contributed by atoms with E-state index < -0.39 is 11.9 Å². The Morgan fingerprint density at radius 3 is 2.56 bits per heavy atom. The Balaban J connectivity index is 2.07. The van der Waals surface area contributed by atoms with E-state index in [1.165, 1.54) is 28.7 Å². The van der Waals surface area contributed by atoms with Crippen LogP contribution in [-0.4, -0.2) is 45.1 Å². The normalized spacial score (nSPS) is 12.0. The second kappa shape index (κ2) is 12.1. The first-order valence-corrected chi connectivity index (χ1v) is 13.3. The van der Waals surface area contributed by atoms with E-state index in [0.29, 0.717) is 23.7 Å². The van der Waals surface area contributed by atoms with Crippen molar-refractivity contribution in [3.63, 3.8) is 0 Å². The zero-order valence-corrected chi connectivity index (χ0v) is 23.5. The zero-order chi connectivity index (χ0) is 28.3. The largest absolute Gasteiger partial charge is 0.462 e. The van der Waals surface area contributed by atoms with Crippen molar-refractivity contribution in [2.75, 3.05) is 13.2 Å². The summed E-state index contributed by atoms with van der Waals surface area (Å²) in [6.45, 7) is 8.11. The second-order valence-corrected chi connectivity index (χ2v) is 9.95. The fourth-order valence-corrected chi connectivity index (χ4v) is 4.63. The quantitative estimate of drug-likeness (QED) is 0.168. The fourth-order valence-electron chi connectivity index (χ4n) is 4.14. The van der Waals surface area contributed by atoms with E-state index in [-0.39, 0.29) is 57.5 Å². The third kappa shape index (κ3) is 6.06. The van der Waals surface area contributed by atoms with Gasteiger partial charge in [0.15, 0.2) is 5.49 Å². The lowest BCUT2D eigenvalue weighted by Crippen LogP contribution is -2.33. The van der Waals surface area contributed by atoms with Gasteiger partial charge in [-0.05, 0) is 70.0 Å². The van der Waals surface area contributed by atoms with Crippen molar-refractivity contribution in [2.45, 2.75) is 46.8 Å². The molecule has 1 amide bonds. The number of rotatable bonds is 8. The number of hydrogen-bond donors (Lipinski definition) is 0. The molecule has 0 N–H and O–H groups in total. The molecule has 0 bridgehead atoms. The van der Waals surface area contributed by atoms with Gasteiger partial charge >= 0.3 is 5.97 Å². The summed E-state index contributed by atoms with van der Waals surface area (Å²) < 4.78 is 14.0. The fraction of sp³-hybridized carbons (Fsp3) is 0.321. The van der Waals surface area contributed by atoms with Crippen molar-refractivity contribution in [1.29, 1.82) is 0 Å². The van der Waals surface area contributed by atoms with Gasteiger partial charge in [-0.3, -0.25) is 14.0 Å². The predicted octanol–water partition coefficient (Wildman–Crippen LogP) is 5.00. The maximum atomic E-state index is 13.6. The van der Waals surface area contributed by atoms with E-state index in [9.17, 15) is 14.4 Å². The third-order valence-corrected chi connectivity index (χ3v) is 6.49. The average molecular weight is 571 g/mol. The van der Waals surface area contributed by atoms with Gasteiger partial charge in [-0.2, -0.15) is 4.99 Å².